The number of ether oxygens (including phenoxy) is 1. The molecule has 2 aliphatic rings. The van der Waals surface area contributed by atoms with Crippen molar-refractivity contribution >= 4 is 5.91 Å². The molecule has 0 spiro atoms. The van der Waals surface area contributed by atoms with E-state index in [0.717, 1.165) is 68.1 Å². The van der Waals surface area contributed by atoms with E-state index in [9.17, 15) is 4.79 Å². The zero-order valence-electron chi connectivity index (χ0n) is 29.9. The van der Waals surface area contributed by atoms with Crippen LogP contribution in [0.1, 0.15) is 81.9 Å². The molecule has 8 heteroatoms. The number of carbonyl (C=O) groups is 1. The predicted molar refractivity (Wildman–Crippen MR) is 197 cm³/mol. The molecule has 0 unspecified atom stereocenters. The highest BCUT2D eigenvalue weighted by molar-refractivity contribution is 5.91. The first-order valence-corrected chi connectivity index (χ1v) is 18.7. The first-order chi connectivity index (χ1) is 23.9. The highest BCUT2D eigenvalue weighted by atomic mass is 16.5. The number of aliphatic hydroxyl groups excluding tert-OH is 1. The fourth-order valence-corrected chi connectivity index (χ4v) is 8.42. The van der Waals surface area contributed by atoms with Gasteiger partial charge in [0.25, 0.3) is 0 Å². The van der Waals surface area contributed by atoms with Gasteiger partial charge in [0.1, 0.15) is 17.8 Å². The van der Waals surface area contributed by atoms with Crippen molar-refractivity contribution < 1.29 is 14.6 Å². The SMILES string of the molecule is CC(C)N(CCCCCCCN1CC[C@@H](C(C(N)=O)(c2ccccc2)c2ccccc2)C1)C1CCN(Cc2cnccc2OCCO)CC1. The summed E-state index contributed by atoms with van der Waals surface area (Å²) >= 11 is 0. The van der Waals surface area contributed by atoms with Crippen LogP contribution in [0.2, 0.25) is 0 Å². The molecule has 0 radical (unpaired) electrons. The molecule has 0 bridgehead atoms. The number of piperidine rings is 1. The molecule has 0 aliphatic carbocycles. The number of nitrogens with zero attached hydrogens (tertiary/aromatic N) is 4. The van der Waals surface area contributed by atoms with E-state index in [4.69, 9.17) is 15.6 Å². The molecule has 1 aromatic heterocycles. The van der Waals surface area contributed by atoms with E-state index in [2.05, 4.69) is 57.8 Å². The fourth-order valence-electron chi connectivity index (χ4n) is 8.42. The molecule has 2 fully saturated rings. The van der Waals surface area contributed by atoms with E-state index in [-0.39, 0.29) is 18.4 Å². The molecule has 1 amide bonds. The fraction of sp³-hybridized carbons (Fsp3) is 0.561. The number of likely N-dealkylation sites (tertiary alicyclic amines) is 2. The molecule has 2 aliphatic heterocycles. The second-order valence-electron chi connectivity index (χ2n) is 14.4. The lowest BCUT2D eigenvalue weighted by Crippen LogP contribution is -2.49. The third-order valence-corrected chi connectivity index (χ3v) is 10.9. The van der Waals surface area contributed by atoms with E-state index in [1.165, 1.54) is 51.5 Å². The van der Waals surface area contributed by atoms with Crippen LogP contribution < -0.4 is 10.5 Å². The van der Waals surface area contributed by atoms with Gasteiger partial charge in [-0.3, -0.25) is 19.6 Å². The summed E-state index contributed by atoms with van der Waals surface area (Å²) in [5, 5.41) is 9.16. The maximum absolute atomic E-state index is 13.4. The number of hydrogen-bond donors (Lipinski definition) is 2. The summed E-state index contributed by atoms with van der Waals surface area (Å²) in [6.45, 7) is 12.2. The number of amides is 1. The molecule has 3 aromatic rings. The quantitative estimate of drug-likeness (QED) is 0.154. The zero-order chi connectivity index (χ0) is 34.5. The lowest BCUT2D eigenvalue weighted by Gasteiger charge is -2.40. The van der Waals surface area contributed by atoms with Crippen molar-refractivity contribution in [2.45, 2.75) is 89.3 Å². The van der Waals surface area contributed by atoms with Crippen LogP contribution in [-0.2, 0) is 16.8 Å². The Labute approximate surface area is 294 Å². The standard InChI is InChI=1S/C41H59N5O3/c1-33(2)46(38-20-26-45(27-21-38)31-34-30-43-22-18-39(34)49-29-28-47)24-13-5-3-4-12-23-44-25-19-37(32-44)41(40(42)48,35-14-8-6-9-15-35)36-16-10-7-11-17-36/h6-11,14-18,22,30,33,37-38,47H,3-5,12-13,19-21,23-29,31-32H2,1-2H3,(H2,42,48)/t37-/m1/s1. The van der Waals surface area contributed by atoms with Gasteiger partial charge >= 0.3 is 0 Å². The molecule has 2 saturated heterocycles. The molecule has 5 rings (SSSR count). The summed E-state index contributed by atoms with van der Waals surface area (Å²) in [4.78, 5) is 25.5. The summed E-state index contributed by atoms with van der Waals surface area (Å²) in [6, 6.07) is 23.4. The third-order valence-electron chi connectivity index (χ3n) is 10.9. The first-order valence-electron chi connectivity index (χ1n) is 18.7. The zero-order valence-corrected chi connectivity index (χ0v) is 29.9. The molecule has 3 heterocycles. The van der Waals surface area contributed by atoms with Gasteiger partial charge in [0.05, 0.1) is 6.61 Å². The van der Waals surface area contributed by atoms with Crippen molar-refractivity contribution in [2.75, 3.05) is 52.5 Å². The van der Waals surface area contributed by atoms with Gasteiger partial charge in [0.2, 0.25) is 5.91 Å². The molecular weight excluding hydrogens is 610 g/mol. The van der Waals surface area contributed by atoms with Gasteiger partial charge in [-0.05, 0) is 102 Å². The first kappa shape index (κ1) is 37.0. The number of carbonyl (C=O) groups excluding carboxylic acids is 1. The molecule has 3 N–H and O–H groups in total. The number of aromatic nitrogens is 1. The van der Waals surface area contributed by atoms with E-state index >= 15 is 0 Å². The van der Waals surface area contributed by atoms with Crippen molar-refractivity contribution in [3.8, 4) is 5.75 Å². The van der Waals surface area contributed by atoms with Gasteiger partial charge in [-0.25, -0.2) is 0 Å². The van der Waals surface area contributed by atoms with E-state index < -0.39 is 5.41 Å². The van der Waals surface area contributed by atoms with Crippen molar-refractivity contribution in [3.63, 3.8) is 0 Å². The number of benzene rings is 2. The summed E-state index contributed by atoms with van der Waals surface area (Å²) in [7, 11) is 0. The van der Waals surface area contributed by atoms with E-state index in [1.807, 2.05) is 48.7 Å². The Kier molecular flexibility index (Phi) is 14.1. The Bertz CT molecular complexity index is 1360. The summed E-state index contributed by atoms with van der Waals surface area (Å²) in [5.41, 5.74) is 8.59. The second-order valence-corrected chi connectivity index (χ2v) is 14.4. The molecule has 49 heavy (non-hydrogen) atoms. The van der Waals surface area contributed by atoms with Crippen LogP contribution in [0.15, 0.2) is 79.1 Å². The summed E-state index contributed by atoms with van der Waals surface area (Å²) in [6.07, 6.45) is 13.2. The van der Waals surface area contributed by atoms with Crippen molar-refractivity contribution in [1.29, 1.82) is 0 Å². The van der Waals surface area contributed by atoms with Gasteiger partial charge in [0, 0.05) is 43.1 Å². The average Bonchev–Trinajstić information content (AvgIpc) is 3.59. The van der Waals surface area contributed by atoms with Gasteiger partial charge in [-0.1, -0.05) is 79.9 Å². The number of rotatable bonds is 19. The number of nitrogens with two attached hydrogens (primary N) is 1. The number of pyridine rings is 1. The number of hydrogen-bond acceptors (Lipinski definition) is 7. The van der Waals surface area contributed by atoms with Gasteiger partial charge < -0.3 is 20.5 Å². The van der Waals surface area contributed by atoms with Crippen LogP contribution in [0.25, 0.3) is 0 Å². The second kappa shape index (κ2) is 18.6. The maximum atomic E-state index is 13.4. The van der Waals surface area contributed by atoms with Crippen molar-refractivity contribution in [1.82, 2.24) is 19.7 Å². The lowest BCUT2D eigenvalue weighted by molar-refractivity contribution is -0.123. The molecule has 8 nitrogen and oxygen atoms in total. The molecule has 266 valence electrons. The summed E-state index contributed by atoms with van der Waals surface area (Å²) in [5.74, 6) is 0.736. The molecule has 0 saturated carbocycles. The van der Waals surface area contributed by atoms with Gasteiger partial charge in [-0.2, -0.15) is 0 Å². The molecular formula is C41H59N5O3. The Morgan fingerprint density at radius 2 is 1.55 bits per heavy atom. The number of primary amides is 1. The Hall–Kier alpha value is -3.30. The third kappa shape index (κ3) is 9.48. The van der Waals surface area contributed by atoms with Crippen LogP contribution in [0.3, 0.4) is 0 Å². The average molecular weight is 670 g/mol. The summed E-state index contributed by atoms with van der Waals surface area (Å²) < 4.78 is 5.74. The Balaban J connectivity index is 1.03. The number of aliphatic hydroxyl groups is 1. The van der Waals surface area contributed by atoms with Crippen LogP contribution in [0.5, 0.6) is 5.75 Å². The van der Waals surface area contributed by atoms with Gasteiger partial charge in [-0.15, -0.1) is 0 Å². The van der Waals surface area contributed by atoms with E-state index in [1.54, 1.807) is 6.20 Å². The lowest BCUT2D eigenvalue weighted by atomic mass is 9.64. The highest BCUT2D eigenvalue weighted by Crippen LogP contribution is 2.43. The minimum atomic E-state index is -0.811. The van der Waals surface area contributed by atoms with Crippen molar-refractivity contribution in [3.05, 3.63) is 95.8 Å². The van der Waals surface area contributed by atoms with Crippen LogP contribution in [0, 0.1) is 5.92 Å². The van der Waals surface area contributed by atoms with Crippen LogP contribution in [0.4, 0.5) is 0 Å². The minimum absolute atomic E-state index is 0.0164. The Morgan fingerprint density at radius 3 is 2.18 bits per heavy atom. The smallest absolute Gasteiger partial charge is 0.232 e. The topological polar surface area (TPSA) is 95.2 Å². The van der Waals surface area contributed by atoms with Gasteiger partial charge in [0.15, 0.2) is 0 Å². The maximum Gasteiger partial charge on any atom is 0.232 e. The highest BCUT2D eigenvalue weighted by Gasteiger charge is 2.49. The minimum Gasteiger partial charge on any atom is -0.491 e. The van der Waals surface area contributed by atoms with Crippen LogP contribution >= 0.6 is 0 Å². The molecule has 1 atom stereocenters. The largest absolute Gasteiger partial charge is 0.491 e. The predicted octanol–water partition coefficient (Wildman–Crippen LogP) is 5.87. The van der Waals surface area contributed by atoms with Crippen LogP contribution in [-0.4, -0.2) is 95.3 Å². The normalized spacial score (nSPS) is 18.0. The Morgan fingerprint density at radius 1 is 0.918 bits per heavy atom. The van der Waals surface area contributed by atoms with E-state index in [0.29, 0.717) is 18.7 Å². The molecule has 2 aromatic carbocycles. The monoisotopic (exact) mass is 669 g/mol. The van der Waals surface area contributed by atoms with Crippen molar-refractivity contribution in [2.24, 2.45) is 11.7 Å². The number of unbranched alkanes of at least 4 members (excludes halogenated alkanes) is 4.